The summed E-state index contributed by atoms with van der Waals surface area (Å²) >= 11 is 1.78. The molecule has 0 bridgehead atoms. The number of fused-ring (bicyclic) bond motifs is 1. The van der Waals surface area contributed by atoms with Crippen LogP contribution in [0.1, 0.15) is 39.4 Å². The van der Waals surface area contributed by atoms with Gasteiger partial charge in [-0.05, 0) is 86.7 Å². The van der Waals surface area contributed by atoms with Gasteiger partial charge in [0, 0.05) is 11.4 Å². The Morgan fingerprint density at radius 2 is 1.37 bits per heavy atom. The molecule has 2 aliphatic rings. The number of thioether (sulfide) groups is 1. The monoisotopic (exact) mass is 480 g/mol. The van der Waals surface area contributed by atoms with Crippen molar-refractivity contribution in [2.45, 2.75) is 40.7 Å². The Labute approximate surface area is 213 Å². The number of nitriles is 1. The van der Waals surface area contributed by atoms with Crippen LogP contribution in [0, 0.1) is 45.9 Å². The van der Waals surface area contributed by atoms with E-state index in [1.807, 2.05) is 0 Å². The molecular weight excluding hydrogens is 448 g/mol. The summed E-state index contributed by atoms with van der Waals surface area (Å²) in [5.74, 6) is 0.837. The minimum absolute atomic E-state index is 0.102. The van der Waals surface area contributed by atoms with E-state index in [4.69, 9.17) is 0 Å². The van der Waals surface area contributed by atoms with Gasteiger partial charge in [-0.25, -0.2) is 0 Å². The van der Waals surface area contributed by atoms with Crippen LogP contribution in [-0.4, -0.2) is 24.1 Å². The van der Waals surface area contributed by atoms with Gasteiger partial charge < -0.3 is 14.7 Å². The van der Waals surface area contributed by atoms with Crippen LogP contribution in [0.25, 0.3) is 0 Å². The maximum atomic E-state index is 10.4. The van der Waals surface area contributed by atoms with E-state index >= 15 is 0 Å². The van der Waals surface area contributed by atoms with Gasteiger partial charge in [-0.1, -0.05) is 53.7 Å². The zero-order valence-corrected chi connectivity index (χ0v) is 22.0. The second-order valence-corrected chi connectivity index (χ2v) is 10.7. The fourth-order valence-electron chi connectivity index (χ4n) is 4.85. The zero-order chi connectivity index (χ0) is 24.7. The minimum atomic E-state index is -0.102. The molecule has 0 amide bonds. The van der Waals surface area contributed by atoms with E-state index in [0.717, 1.165) is 41.1 Å². The van der Waals surface area contributed by atoms with Crippen molar-refractivity contribution in [3.8, 4) is 6.07 Å². The van der Waals surface area contributed by atoms with Gasteiger partial charge in [0.2, 0.25) is 0 Å². The highest BCUT2D eigenvalue weighted by Gasteiger charge is 2.38. The number of hydrogen-bond acceptors (Lipinski definition) is 5. The van der Waals surface area contributed by atoms with Crippen LogP contribution >= 0.6 is 11.8 Å². The van der Waals surface area contributed by atoms with E-state index in [1.165, 1.54) is 33.5 Å². The predicted octanol–water partition coefficient (Wildman–Crippen LogP) is 6.95. The molecule has 4 nitrogen and oxygen atoms in total. The third kappa shape index (κ3) is 4.39. The molecule has 0 saturated carbocycles. The van der Waals surface area contributed by atoms with E-state index in [1.54, 1.807) is 11.8 Å². The number of hydrogen-bond donors (Lipinski definition) is 0. The van der Waals surface area contributed by atoms with Crippen LogP contribution in [-0.2, 0) is 0 Å². The van der Waals surface area contributed by atoms with Crippen molar-refractivity contribution in [1.29, 1.82) is 5.26 Å². The summed E-state index contributed by atoms with van der Waals surface area (Å²) in [6, 6.07) is 24.5. The molecule has 3 aromatic rings. The molecule has 0 spiro atoms. The number of benzene rings is 3. The van der Waals surface area contributed by atoms with Gasteiger partial charge in [0.05, 0.1) is 35.9 Å². The van der Waals surface area contributed by atoms with Crippen LogP contribution in [0.4, 0.5) is 11.4 Å². The molecule has 35 heavy (non-hydrogen) atoms. The molecule has 1 fully saturated rings. The third-order valence-electron chi connectivity index (χ3n) is 7.32. The van der Waals surface area contributed by atoms with Crippen molar-refractivity contribution in [3.05, 3.63) is 105 Å². The van der Waals surface area contributed by atoms with Crippen molar-refractivity contribution in [2.75, 3.05) is 29.0 Å². The molecule has 0 N–H and O–H groups in total. The largest absolute Gasteiger partial charge is 0.344 e. The number of nitrogens with zero attached hydrogens (tertiary/aromatic N) is 4. The number of aryl methyl sites for hydroxylation is 5. The normalized spacial score (nSPS) is 17.9. The summed E-state index contributed by atoms with van der Waals surface area (Å²) in [5.41, 5.74) is 10.8. The van der Waals surface area contributed by atoms with Gasteiger partial charge in [-0.2, -0.15) is 5.26 Å². The standard InChI is InChI=1S/C30H32N4S/c1-20-6-10-25(11-7-20)29-28(16-31)30-32(18-34(29)27-13-9-22(3)24(5)15-27)17-33(19-35-30)26-12-8-21(2)23(4)14-26/h6-15,29H,17-19H2,1-5H3/t29-/m0/s1. The smallest absolute Gasteiger partial charge is 0.100 e. The molecule has 0 unspecified atom stereocenters. The van der Waals surface area contributed by atoms with Gasteiger partial charge >= 0.3 is 0 Å². The molecular formula is C30H32N4S. The van der Waals surface area contributed by atoms with Gasteiger partial charge in [0.15, 0.2) is 0 Å². The molecule has 1 saturated heterocycles. The highest BCUT2D eigenvalue weighted by atomic mass is 32.2. The topological polar surface area (TPSA) is 33.5 Å². The molecule has 2 aliphatic heterocycles. The quantitative estimate of drug-likeness (QED) is 0.405. The maximum absolute atomic E-state index is 10.4. The lowest BCUT2D eigenvalue weighted by atomic mass is 9.95. The lowest BCUT2D eigenvalue weighted by Gasteiger charge is -2.49. The highest BCUT2D eigenvalue weighted by molar-refractivity contribution is 8.03. The van der Waals surface area contributed by atoms with Crippen molar-refractivity contribution in [3.63, 3.8) is 0 Å². The summed E-state index contributed by atoms with van der Waals surface area (Å²) < 4.78 is 0. The summed E-state index contributed by atoms with van der Waals surface area (Å²) in [6.45, 7) is 12.2. The molecule has 3 aromatic carbocycles. The Morgan fingerprint density at radius 1 is 0.743 bits per heavy atom. The minimum Gasteiger partial charge on any atom is -0.344 e. The van der Waals surface area contributed by atoms with Crippen LogP contribution < -0.4 is 9.80 Å². The molecule has 5 heteroatoms. The molecule has 178 valence electrons. The zero-order valence-electron chi connectivity index (χ0n) is 21.2. The van der Waals surface area contributed by atoms with Crippen LogP contribution in [0.15, 0.2) is 71.3 Å². The number of anilines is 2. The average molecular weight is 481 g/mol. The lowest BCUT2D eigenvalue weighted by molar-refractivity contribution is 0.326. The first-order valence-corrected chi connectivity index (χ1v) is 13.1. The Bertz CT molecular complexity index is 1340. The van der Waals surface area contributed by atoms with E-state index in [0.29, 0.717) is 0 Å². The van der Waals surface area contributed by atoms with Gasteiger partial charge in [-0.3, -0.25) is 0 Å². The average Bonchev–Trinajstić information content (AvgIpc) is 2.86. The summed E-state index contributed by atoms with van der Waals surface area (Å²) in [5, 5.41) is 11.6. The molecule has 0 aliphatic carbocycles. The fraction of sp³-hybridized carbons (Fsp3) is 0.300. The molecule has 0 radical (unpaired) electrons. The molecule has 0 aromatic heterocycles. The Balaban J connectivity index is 1.58. The summed E-state index contributed by atoms with van der Waals surface area (Å²) in [7, 11) is 0. The number of rotatable bonds is 3. The van der Waals surface area contributed by atoms with Gasteiger partial charge in [0.25, 0.3) is 0 Å². The Morgan fingerprint density at radius 3 is 2.00 bits per heavy atom. The maximum Gasteiger partial charge on any atom is 0.100 e. The first-order chi connectivity index (χ1) is 16.9. The van der Waals surface area contributed by atoms with Crippen LogP contribution in [0.5, 0.6) is 0 Å². The molecule has 2 heterocycles. The van der Waals surface area contributed by atoms with E-state index in [-0.39, 0.29) is 6.04 Å². The van der Waals surface area contributed by atoms with E-state index in [9.17, 15) is 5.26 Å². The van der Waals surface area contributed by atoms with Crippen LogP contribution in [0.2, 0.25) is 0 Å². The lowest BCUT2D eigenvalue weighted by Crippen LogP contribution is -2.51. The van der Waals surface area contributed by atoms with Crippen molar-refractivity contribution in [2.24, 2.45) is 0 Å². The highest BCUT2D eigenvalue weighted by Crippen LogP contribution is 2.45. The predicted molar refractivity (Wildman–Crippen MR) is 147 cm³/mol. The Kier molecular flexibility index (Phi) is 6.25. The summed E-state index contributed by atoms with van der Waals surface area (Å²) in [4.78, 5) is 7.16. The summed E-state index contributed by atoms with van der Waals surface area (Å²) in [6.07, 6.45) is 0. The fourth-order valence-corrected chi connectivity index (χ4v) is 5.97. The third-order valence-corrected chi connectivity index (χ3v) is 8.51. The molecule has 5 rings (SSSR count). The van der Waals surface area contributed by atoms with E-state index < -0.39 is 0 Å². The van der Waals surface area contributed by atoms with Crippen LogP contribution in [0.3, 0.4) is 0 Å². The van der Waals surface area contributed by atoms with Crippen molar-refractivity contribution < 1.29 is 0 Å². The second kappa shape index (κ2) is 9.36. The van der Waals surface area contributed by atoms with Crippen molar-refractivity contribution in [1.82, 2.24) is 4.90 Å². The van der Waals surface area contributed by atoms with Crippen molar-refractivity contribution >= 4 is 23.1 Å². The second-order valence-electron chi connectivity index (χ2n) is 9.79. The SMILES string of the molecule is Cc1ccc([C@H]2C(C#N)=C3SCN(c4ccc(C)c(C)c4)CN3CN2c2ccc(C)c(C)c2)cc1. The van der Waals surface area contributed by atoms with Gasteiger partial charge in [-0.15, -0.1) is 0 Å². The Hall–Kier alpha value is -3.36. The first kappa shape index (κ1) is 23.4. The molecule has 1 atom stereocenters. The van der Waals surface area contributed by atoms with Gasteiger partial charge in [0.1, 0.15) is 6.07 Å². The van der Waals surface area contributed by atoms with E-state index in [2.05, 4.69) is 116 Å². The first-order valence-electron chi connectivity index (χ1n) is 12.1.